The summed E-state index contributed by atoms with van der Waals surface area (Å²) in [6.07, 6.45) is 6.20. The highest BCUT2D eigenvalue weighted by Crippen LogP contribution is 2.17. The van der Waals surface area contributed by atoms with Crippen molar-refractivity contribution in [2.75, 3.05) is 12.5 Å². The average molecular weight is 232 g/mol. The molecular weight excluding hydrogens is 212 g/mol. The summed E-state index contributed by atoms with van der Waals surface area (Å²) in [7, 11) is 0. The van der Waals surface area contributed by atoms with Gasteiger partial charge in [0, 0.05) is 6.04 Å². The third-order valence-electron chi connectivity index (χ3n) is 2.48. The highest BCUT2D eigenvalue weighted by Gasteiger charge is 2.12. The molecule has 5 heteroatoms. The predicted octanol–water partition coefficient (Wildman–Crippen LogP) is 2.26. The van der Waals surface area contributed by atoms with Crippen molar-refractivity contribution >= 4 is 18.0 Å². The molecule has 1 saturated carbocycles. The lowest BCUT2D eigenvalue weighted by atomic mass is 9.96. The second-order valence-corrected chi connectivity index (χ2v) is 4.43. The summed E-state index contributed by atoms with van der Waals surface area (Å²) in [5.74, 6) is 0.753. The first-order valence-electron chi connectivity index (χ1n) is 5.61. The van der Waals surface area contributed by atoms with E-state index >= 15 is 0 Å². The Labute approximate surface area is 95.7 Å². The van der Waals surface area contributed by atoms with Crippen molar-refractivity contribution in [1.82, 2.24) is 10.0 Å². The lowest BCUT2D eigenvalue weighted by Crippen LogP contribution is -2.32. The number of amides is 1. The maximum atomic E-state index is 10.9. The number of ether oxygens (including phenoxy) is 1. The maximum Gasteiger partial charge on any atom is 0.417 e. The molecule has 0 radical (unpaired) electrons. The van der Waals surface area contributed by atoms with Gasteiger partial charge in [0.25, 0.3) is 0 Å². The molecule has 0 unspecified atom stereocenters. The molecule has 0 spiro atoms. The van der Waals surface area contributed by atoms with Gasteiger partial charge in [0.1, 0.15) is 0 Å². The molecule has 0 aromatic carbocycles. The monoisotopic (exact) mass is 232 g/mol. The number of carbonyl (C=O) groups is 1. The van der Waals surface area contributed by atoms with Crippen molar-refractivity contribution in [3.05, 3.63) is 0 Å². The van der Waals surface area contributed by atoms with Crippen LogP contribution in [0.2, 0.25) is 0 Å². The minimum atomic E-state index is -0.354. The van der Waals surface area contributed by atoms with Crippen LogP contribution >= 0.6 is 11.9 Å². The SMILES string of the molecule is CCOC(=O)NSCNC1CCCCC1. The van der Waals surface area contributed by atoms with Crippen molar-refractivity contribution in [2.24, 2.45) is 0 Å². The van der Waals surface area contributed by atoms with E-state index in [0.717, 1.165) is 5.88 Å². The van der Waals surface area contributed by atoms with Crippen LogP contribution in [0.15, 0.2) is 0 Å². The molecule has 1 fully saturated rings. The third kappa shape index (κ3) is 5.89. The summed E-state index contributed by atoms with van der Waals surface area (Å²) in [5, 5.41) is 3.41. The minimum absolute atomic E-state index is 0.354. The van der Waals surface area contributed by atoms with E-state index in [4.69, 9.17) is 4.74 Å². The fraction of sp³-hybridized carbons (Fsp3) is 0.900. The zero-order valence-electron chi connectivity index (χ0n) is 9.25. The van der Waals surface area contributed by atoms with Gasteiger partial charge in [-0.3, -0.25) is 4.72 Å². The van der Waals surface area contributed by atoms with Crippen LogP contribution in [0, 0.1) is 0 Å². The molecule has 0 aromatic heterocycles. The molecule has 2 N–H and O–H groups in total. The molecule has 0 aliphatic heterocycles. The quantitative estimate of drug-likeness (QED) is 0.434. The molecular formula is C10H20N2O2S. The second kappa shape index (κ2) is 7.82. The summed E-state index contributed by atoms with van der Waals surface area (Å²) in [4.78, 5) is 10.9. The Morgan fingerprint density at radius 1 is 1.40 bits per heavy atom. The standard InChI is InChI=1S/C10H20N2O2S/c1-2-14-10(13)12-15-8-11-9-6-4-3-5-7-9/h9,11H,2-8H2,1H3,(H,12,13). The molecule has 0 saturated heterocycles. The van der Waals surface area contributed by atoms with E-state index in [1.165, 1.54) is 44.1 Å². The van der Waals surface area contributed by atoms with Crippen LogP contribution in [0.25, 0.3) is 0 Å². The number of nitrogens with one attached hydrogen (secondary N) is 2. The number of rotatable bonds is 5. The predicted molar refractivity (Wildman–Crippen MR) is 62.6 cm³/mol. The molecule has 1 aliphatic rings. The van der Waals surface area contributed by atoms with Crippen LogP contribution in [-0.4, -0.2) is 24.6 Å². The van der Waals surface area contributed by atoms with Crippen molar-refractivity contribution in [3.63, 3.8) is 0 Å². The topological polar surface area (TPSA) is 50.4 Å². The van der Waals surface area contributed by atoms with Gasteiger partial charge in [0.05, 0.1) is 12.5 Å². The Bertz CT molecular complexity index is 184. The van der Waals surface area contributed by atoms with Crippen LogP contribution in [0.5, 0.6) is 0 Å². The lowest BCUT2D eigenvalue weighted by Gasteiger charge is -2.22. The molecule has 0 atom stereocenters. The smallest absolute Gasteiger partial charge is 0.417 e. The summed E-state index contributed by atoms with van der Waals surface area (Å²) >= 11 is 1.36. The van der Waals surface area contributed by atoms with Crippen LogP contribution in [0.3, 0.4) is 0 Å². The van der Waals surface area contributed by atoms with E-state index in [1.54, 1.807) is 6.92 Å². The van der Waals surface area contributed by atoms with Crippen LogP contribution < -0.4 is 10.0 Å². The molecule has 15 heavy (non-hydrogen) atoms. The van der Waals surface area contributed by atoms with Gasteiger partial charge in [0.2, 0.25) is 0 Å². The Kier molecular flexibility index (Phi) is 6.59. The molecule has 1 amide bonds. The van der Waals surface area contributed by atoms with Gasteiger partial charge in [-0.1, -0.05) is 19.3 Å². The summed E-state index contributed by atoms with van der Waals surface area (Å²) in [6.45, 7) is 2.22. The average Bonchev–Trinajstić information content (AvgIpc) is 2.26. The normalized spacial score (nSPS) is 17.4. The van der Waals surface area contributed by atoms with Crippen LogP contribution in [-0.2, 0) is 4.74 Å². The van der Waals surface area contributed by atoms with Crippen molar-refractivity contribution in [3.8, 4) is 0 Å². The molecule has 1 rings (SSSR count). The highest BCUT2D eigenvalue weighted by atomic mass is 32.2. The first-order valence-corrected chi connectivity index (χ1v) is 6.59. The Hall–Kier alpha value is -0.420. The van der Waals surface area contributed by atoms with E-state index in [0.29, 0.717) is 12.6 Å². The van der Waals surface area contributed by atoms with Gasteiger partial charge in [-0.15, -0.1) is 0 Å². The molecule has 0 heterocycles. The molecule has 1 aliphatic carbocycles. The summed E-state index contributed by atoms with van der Waals surface area (Å²) in [6, 6.07) is 0.634. The van der Waals surface area contributed by atoms with Crippen molar-refractivity contribution < 1.29 is 9.53 Å². The van der Waals surface area contributed by atoms with Gasteiger partial charge >= 0.3 is 6.09 Å². The maximum absolute atomic E-state index is 10.9. The second-order valence-electron chi connectivity index (χ2n) is 3.65. The number of carbonyl (C=O) groups excluding carboxylic acids is 1. The third-order valence-corrected chi connectivity index (χ3v) is 3.10. The van der Waals surface area contributed by atoms with Gasteiger partial charge in [-0.05, 0) is 31.7 Å². The van der Waals surface area contributed by atoms with E-state index in [-0.39, 0.29) is 6.09 Å². The molecule has 88 valence electrons. The van der Waals surface area contributed by atoms with E-state index in [2.05, 4.69) is 10.0 Å². The Balaban J connectivity index is 1.93. The van der Waals surface area contributed by atoms with Gasteiger partial charge in [0.15, 0.2) is 0 Å². The zero-order valence-corrected chi connectivity index (χ0v) is 10.1. The van der Waals surface area contributed by atoms with Gasteiger partial charge in [-0.25, -0.2) is 4.79 Å². The molecule has 0 bridgehead atoms. The first-order chi connectivity index (χ1) is 7.33. The van der Waals surface area contributed by atoms with Crippen molar-refractivity contribution in [1.29, 1.82) is 0 Å². The highest BCUT2D eigenvalue weighted by molar-refractivity contribution is 7.97. The minimum Gasteiger partial charge on any atom is -0.449 e. The Morgan fingerprint density at radius 3 is 2.80 bits per heavy atom. The van der Waals surface area contributed by atoms with E-state index < -0.39 is 0 Å². The largest absolute Gasteiger partial charge is 0.449 e. The van der Waals surface area contributed by atoms with Gasteiger partial charge < -0.3 is 10.1 Å². The molecule has 4 nitrogen and oxygen atoms in total. The fourth-order valence-corrected chi connectivity index (χ4v) is 2.29. The Morgan fingerprint density at radius 2 is 2.13 bits per heavy atom. The fourth-order valence-electron chi connectivity index (χ4n) is 1.72. The lowest BCUT2D eigenvalue weighted by molar-refractivity contribution is 0.159. The van der Waals surface area contributed by atoms with E-state index in [1.807, 2.05) is 0 Å². The van der Waals surface area contributed by atoms with Crippen LogP contribution in [0.4, 0.5) is 4.79 Å². The number of hydrogen-bond acceptors (Lipinski definition) is 4. The van der Waals surface area contributed by atoms with Gasteiger partial charge in [-0.2, -0.15) is 0 Å². The zero-order chi connectivity index (χ0) is 10.9. The summed E-state index contributed by atoms with van der Waals surface area (Å²) in [5.41, 5.74) is 0. The van der Waals surface area contributed by atoms with Crippen molar-refractivity contribution in [2.45, 2.75) is 45.1 Å². The number of hydrogen-bond donors (Lipinski definition) is 2. The van der Waals surface area contributed by atoms with Crippen LogP contribution in [0.1, 0.15) is 39.0 Å². The molecule has 0 aromatic rings. The van der Waals surface area contributed by atoms with E-state index in [9.17, 15) is 4.79 Å². The summed E-state index contributed by atoms with van der Waals surface area (Å²) < 4.78 is 7.35. The first kappa shape index (κ1) is 12.6.